The first-order chi connectivity index (χ1) is 11.9. The van der Waals surface area contributed by atoms with E-state index in [4.69, 9.17) is 0 Å². The molecule has 2 aromatic rings. The Morgan fingerprint density at radius 3 is 2.60 bits per heavy atom. The number of pyridine rings is 1. The first-order valence-corrected chi connectivity index (χ1v) is 8.64. The van der Waals surface area contributed by atoms with Crippen LogP contribution >= 0.6 is 0 Å². The van der Waals surface area contributed by atoms with Gasteiger partial charge in [0.15, 0.2) is 0 Å². The Balaban J connectivity index is 1.70. The molecule has 1 aliphatic heterocycles. The number of aryl methyl sites for hydroxylation is 2. The first-order valence-electron chi connectivity index (χ1n) is 8.64. The normalized spacial score (nSPS) is 16.7. The van der Waals surface area contributed by atoms with Gasteiger partial charge in [0.25, 0.3) is 5.91 Å². The molecule has 0 bridgehead atoms. The number of nitrogens with zero attached hydrogens (tertiary/aromatic N) is 5. The van der Waals surface area contributed by atoms with Crippen LogP contribution in [0.15, 0.2) is 24.5 Å². The fourth-order valence-electron chi connectivity index (χ4n) is 3.17. The highest BCUT2D eigenvalue weighted by atomic mass is 16.1. The SMILES string of the molecule is Cc1nn(C)cc1C(C)NC(=O)c1ccnc(N2CCN(C)CC2)c1. The van der Waals surface area contributed by atoms with Gasteiger partial charge in [-0.3, -0.25) is 9.48 Å². The van der Waals surface area contributed by atoms with Crippen molar-refractivity contribution in [3.8, 4) is 0 Å². The summed E-state index contributed by atoms with van der Waals surface area (Å²) in [4.78, 5) is 21.6. The van der Waals surface area contributed by atoms with Gasteiger partial charge in [-0.2, -0.15) is 5.10 Å². The number of hydrogen-bond acceptors (Lipinski definition) is 5. The lowest BCUT2D eigenvalue weighted by Crippen LogP contribution is -2.44. The number of anilines is 1. The van der Waals surface area contributed by atoms with E-state index in [2.05, 4.69) is 32.2 Å². The van der Waals surface area contributed by atoms with Crippen LogP contribution in [0.5, 0.6) is 0 Å². The van der Waals surface area contributed by atoms with Crippen molar-refractivity contribution in [1.29, 1.82) is 0 Å². The lowest BCUT2D eigenvalue weighted by atomic mass is 10.1. The lowest BCUT2D eigenvalue weighted by molar-refractivity contribution is 0.0939. The van der Waals surface area contributed by atoms with Gasteiger partial charge in [0.2, 0.25) is 0 Å². The maximum Gasteiger partial charge on any atom is 0.251 e. The molecule has 1 fully saturated rings. The number of nitrogens with one attached hydrogen (secondary N) is 1. The molecule has 7 nitrogen and oxygen atoms in total. The van der Waals surface area contributed by atoms with Gasteiger partial charge in [0, 0.05) is 56.7 Å². The average Bonchev–Trinajstić information content (AvgIpc) is 2.94. The minimum atomic E-state index is -0.0959. The molecule has 1 saturated heterocycles. The molecule has 0 radical (unpaired) electrons. The second-order valence-electron chi connectivity index (χ2n) is 6.73. The monoisotopic (exact) mass is 342 g/mol. The summed E-state index contributed by atoms with van der Waals surface area (Å²) in [6.07, 6.45) is 3.66. The summed E-state index contributed by atoms with van der Waals surface area (Å²) in [7, 11) is 4.01. The number of carbonyl (C=O) groups excluding carboxylic acids is 1. The van der Waals surface area contributed by atoms with Crippen LogP contribution in [0.25, 0.3) is 0 Å². The highest BCUT2D eigenvalue weighted by Crippen LogP contribution is 2.18. The van der Waals surface area contributed by atoms with Crippen molar-refractivity contribution >= 4 is 11.7 Å². The van der Waals surface area contributed by atoms with E-state index in [-0.39, 0.29) is 11.9 Å². The van der Waals surface area contributed by atoms with Crippen molar-refractivity contribution in [2.24, 2.45) is 7.05 Å². The van der Waals surface area contributed by atoms with Crippen molar-refractivity contribution in [1.82, 2.24) is 25.0 Å². The third kappa shape index (κ3) is 3.99. The third-order valence-electron chi connectivity index (χ3n) is 4.70. The number of aromatic nitrogens is 3. The van der Waals surface area contributed by atoms with Gasteiger partial charge in [0.05, 0.1) is 11.7 Å². The van der Waals surface area contributed by atoms with Crippen LogP contribution in [0.4, 0.5) is 5.82 Å². The summed E-state index contributed by atoms with van der Waals surface area (Å²) in [5.41, 5.74) is 2.60. The number of carbonyl (C=O) groups is 1. The molecule has 25 heavy (non-hydrogen) atoms. The van der Waals surface area contributed by atoms with Gasteiger partial charge in [-0.1, -0.05) is 0 Å². The van der Waals surface area contributed by atoms with Crippen LogP contribution in [0.2, 0.25) is 0 Å². The summed E-state index contributed by atoms with van der Waals surface area (Å²) < 4.78 is 1.77. The summed E-state index contributed by atoms with van der Waals surface area (Å²) in [6, 6.07) is 3.54. The van der Waals surface area contributed by atoms with E-state index in [1.165, 1.54) is 0 Å². The topological polar surface area (TPSA) is 66.3 Å². The molecule has 0 spiro atoms. The molecule has 134 valence electrons. The van der Waals surface area contributed by atoms with Crippen LogP contribution in [-0.4, -0.2) is 58.8 Å². The largest absolute Gasteiger partial charge is 0.354 e. The number of hydrogen-bond donors (Lipinski definition) is 1. The Labute approximate surface area is 148 Å². The van der Waals surface area contributed by atoms with Crippen LogP contribution in [0.3, 0.4) is 0 Å². The molecule has 0 aromatic carbocycles. The molecule has 2 aromatic heterocycles. The van der Waals surface area contributed by atoms with E-state index in [1.807, 2.05) is 33.2 Å². The summed E-state index contributed by atoms with van der Waals surface area (Å²) in [5.74, 6) is 0.777. The van der Waals surface area contributed by atoms with Crippen LogP contribution in [0, 0.1) is 6.92 Å². The van der Waals surface area contributed by atoms with Crippen LogP contribution in [-0.2, 0) is 7.05 Å². The van der Waals surface area contributed by atoms with E-state index in [9.17, 15) is 4.79 Å². The van der Waals surface area contributed by atoms with Gasteiger partial charge >= 0.3 is 0 Å². The Bertz CT molecular complexity index is 748. The highest BCUT2D eigenvalue weighted by Gasteiger charge is 2.18. The maximum atomic E-state index is 12.6. The Morgan fingerprint density at radius 1 is 1.24 bits per heavy atom. The second kappa shape index (κ2) is 7.23. The second-order valence-corrected chi connectivity index (χ2v) is 6.73. The Morgan fingerprint density at radius 2 is 1.96 bits per heavy atom. The molecule has 3 rings (SSSR count). The Hall–Kier alpha value is -2.41. The fourth-order valence-corrected chi connectivity index (χ4v) is 3.17. The van der Waals surface area contributed by atoms with Gasteiger partial charge in [-0.15, -0.1) is 0 Å². The lowest BCUT2D eigenvalue weighted by Gasteiger charge is -2.33. The predicted octanol–water partition coefficient (Wildman–Crippen LogP) is 1.37. The van der Waals surface area contributed by atoms with Gasteiger partial charge in [-0.05, 0) is 33.0 Å². The van der Waals surface area contributed by atoms with E-state index in [0.29, 0.717) is 5.56 Å². The molecule has 1 atom stereocenters. The number of rotatable bonds is 4. The van der Waals surface area contributed by atoms with Crippen molar-refractivity contribution in [2.75, 3.05) is 38.1 Å². The molecule has 1 aliphatic rings. The smallest absolute Gasteiger partial charge is 0.251 e. The van der Waals surface area contributed by atoms with E-state index in [1.54, 1.807) is 16.9 Å². The molecule has 0 aliphatic carbocycles. The number of likely N-dealkylation sites (N-methyl/N-ethyl adjacent to an activating group) is 1. The molecular formula is C18H26N6O. The summed E-state index contributed by atoms with van der Waals surface area (Å²) >= 11 is 0. The highest BCUT2D eigenvalue weighted by molar-refractivity contribution is 5.95. The van der Waals surface area contributed by atoms with Crippen molar-refractivity contribution < 1.29 is 4.79 Å². The minimum Gasteiger partial charge on any atom is -0.354 e. The third-order valence-corrected chi connectivity index (χ3v) is 4.70. The van der Waals surface area contributed by atoms with Gasteiger partial charge < -0.3 is 15.1 Å². The van der Waals surface area contributed by atoms with Crippen LogP contribution < -0.4 is 10.2 Å². The minimum absolute atomic E-state index is 0.0893. The zero-order chi connectivity index (χ0) is 18.0. The maximum absolute atomic E-state index is 12.6. The fraction of sp³-hybridized carbons (Fsp3) is 0.500. The molecule has 1 unspecified atom stereocenters. The molecule has 7 heteroatoms. The average molecular weight is 342 g/mol. The van der Waals surface area contributed by atoms with E-state index in [0.717, 1.165) is 43.3 Å². The van der Waals surface area contributed by atoms with Gasteiger partial charge in [0.1, 0.15) is 5.82 Å². The number of piperazine rings is 1. The van der Waals surface area contributed by atoms with Crippen LogP contribution in [0.1, 0.15) is 34.6 Å². The molecule has 3 heterocycles. The summed E-state index contributed by atoms with van der Waals surface area (Å²) in [5, 5.41) is 7.40. The quantitative estimate of drug-likeness (QED) is 0.909. The zero-order valence-corrected chi connectivity index (χ0v) is 15.4. The standard InChI is InChI=1S/C18H26N6O/c1-13(16-12-23(4)21-14(16)2)20-18(25)15-5-6-19-17(11-15)24-9-7-22(3)8-10-24/h5-6,11-13H,7-10H2,1-4H3,(H,20,25). The first kappa shape index (κ1) is 17.4. The molecule has 1 amide bonds. The summed E-state index contributed by atoms with van der Waals surface area (Å²) in [6.45, 7) is 7.81. The predicted molar refractivity (Wildman–Crippen MR) is 97.8 cm³/mol. The van der Waals surface area contributed by atoms with E-state index < -0.39 is 0 Å². The van der Waals surface area contributed by atoms with Crippen molar-refractivity contribution in [3.05, 3.63) is 41.3 Å². The van der Waals surface area contributed by atoms with Gasteiger partial charge in [-0.25, -0.2) is 4.98 Å². The molecular weight excluding hydrogens is 316 g/mol. The molecule has 0 saturated carbocycles. The van der Waals surface area contributed by atoms with E-state index >= 15 is 0 Å². The Kier molecular flexibility index (Phi) is 5.03. The van der Waals surface area contributed by atoms with Crippen molar-refractivity contribution in [2.45, 2.75) is 19.9 Å². The molecule has 1 N–H and O–H groups in total. The number of amides is 1. The van der Waals surface area contributed by atoms with Crippen molar-refractivity contribution in [3.63, 3.8) is 0 Å². The zero-order valence-electron chi connectivity index (χ0n) is 15.4.